The molecule has 0 N–H and O–H groups in total. The monoisotopic (exact) mass is 750 g/mol. The van der Waals surface area contributed by atoms with Gasteiger partial charge in [-0.05, 0) is 159 Å². The Morgan fingerprint density at radius 2 is 1.09 bits per heavy atom. The minimum absolute atomic E-state index is 0.0611. The van der Waals surface area contributed by atoms with E-state index in [0.717, 1.165) is 16.9 Å². The van der Waals surface area contributed by atoms with E-state index in [-0.39, 0.29) is 28.4 Å². The van der Waals surface area contributed by atoms with Gasteiger partial charge >= 0.3 is 0 Å². The van der Waals surface area contributed by atoms with Crippen LogP contribution in [0.1, 0.15) is 140 Å². The summed E-state index contributed by atoms with van der Waals surface area (Å²) in [5, 5.41) is 1.22. The third-order valence-electron chi connectivity index (χ3n) is 15.0. The van der Waals surface area contributed by atoms with Gasteiger partial charge < -0.3 is 14.2 Å². The van der Waals surface area contributed by atoms with Crippen molar-refractivity contribution < 1.29 is 4.42 Å². The summed E-state index contributed by atoms with van der Waals surface area (Å²) < 4.78 is 7.52. The Balaban J connectivity index is 1.39. The first-order chi connectivity index (χ1) is 26.9. The predicted molar refractivity (Wildman–Crippen MR) is 244 cm³/mol. The molecule has 0 unspecified atom stereocenters. The molecular formula is C53H59BN2O. The van der Waals surface area contributed by atoms with Gasteiger partial charge in [0, 0.05) is 28.1 Å². The molecule has 5 aromatic carbocycles. The Hall–Kier alpha value is -4.70. The maximum absolute atomic E-state index is 7.52. The molecule has 0 bridgehead atoms. The molecule has 2 aliphatic carbocycles. The van der Waals surface area contributed by atoms with Gasteiger partial charge in [0.05, 0.1) is 17.0 Å². The van der Waals surface area contributed by atoms with Crippen molar-refractivity contribution in [1.29, 1.82) is 0 Å². The average molecular weight is 751 g/mol. The van der Waals surface area contributed by atoms with Crippen molar-refractivity contribution in [2.45, 2.75) is 136 Å². The summed E-state index contributed by atoms with van der Waals surface area (Å²) in [6.07, 6.45) is 4.69. The Morgan fingerprint density at radius 3 is 1.67 bits per heavy atom. The third-order valence-corrected chi connectivity index (χ3v) is 15.0. The molecule has 3 heterocycles. The summed E-state index contributed by atoms with van der Waals surface area (Å²) in [5.41, 5.74) is 22.3. The van der Waals surface area contributed by atoms with Crippen LogP contribution < -0.4 is 26.4 Å². The van der Waals surface area contributed by atoms with Crippen LogP contribution in [0.5, 0.6) is 0 Å². The SMILES string of the molecule is Cc1cccc(C)c1N1c2cc3c(cc2B2c4oc5cc6c(cc5c4N(c4ccccc4)c4cc(C(C)C)cc1c42)C(C)(C)CCC6(C)C)C(C)(C)CCC3(C)C. The molecule has 1 aromatic heterocycles. The van der Waals surface area contributed by atoms with Crippen molar-refractivity contribution in [3.8, 4) is 0 Å². The smallest absolute Gasteiger partial charge is 0.297 e. The molecule has 290 valence electrons. The zero-order valence-corrected chi connectivity index (χ0v) is 36.4. The van der Waals surface area contributed by atoms with Crippen molar-refractivity contribution >= 4 is 68.4 Å². The molecule has 4 heteroatoms. The summed E-state index contributed by atoms with van der Waals surface area (Å²) in [5.74, 6) is 0.338. The lowest BCUT2D eigenvalue weighted by atomic mass is 9.35. The maximum Gasteiger partial charge on any atom is 0.297 e. The van der Waals surface area contributed by atoms with Crippen LogP contribution >= 0.6 is 0 Å². The molecule has 0 saturated heterocycles. The Bertz CT molecular complexity index is 2640. The average Bonchev–Trinajstić information content (AvgIpc) is 3.53. The second-order valence-corrected chi connectivity index (χ2v) is 21.0. The van der Waals surface area contributed by atoms with Crippen LogP contribution in [0.3, 0.4) is 0 Å². The van der Waals surface area contributed by atoms with E-state index in [1.165, 1.54) is 109 Å². The summed E-state index contributed by atoms with van der Waals surface area (Å²) in [4.78, 5) is 5.22. The highest BCUT2D eigenvalue weighted by Crippen LogP contribution is 2.54. The van der Waals surface area contributed by atoms with Crippen LogP contribution in [0.15, 0.2) is 89.3 Å². The van der Waals surface area contributed by atoms with Crippen molar-refractivity contribution in [1.82, 2.24) is 0 Å². The van der Waals surface area contributed by atoms with Gasteiger partial charge in [0.15, 0.2) is 0 Å². The number of fused-ring (bicyclic) bond motifs is 8. The lowest BCUT2D eigenvalue weighted by molar-refractivity contribution is 0.332. The summed E-state index contributed by atoms with van der Waals surface area (Å²) in [6, 6.07) is 33.1. The standard InChI is InChI=1S/C53H59BN2O/c1-31(2)34-25-43-46-44(26-34)56(47-32(3)17-16-18-33(47)4)42-29-39-38(51(7,8)22-23-52(39,9)10)28-41(42)54(46)49-48(55(43)35-19-14-13-15-20-35)36-27-37-40(30-45(36)57-49)53(11,12)24-21-50(37,5)6/h13-20,25-31H,21-24H2,1-12H3. The van der Waals surface area contributed by atoms with Crippen LogP contribution in [0.2, 0.25) is 0 Å². The summed E-state index contributed by atoms with van der Waals surface area (Å²) in [7, 11) is 0. The van der Waals surface area contributed by atoms with E-state index in [1.807, 2.05) is 0 Å². The van der Waals surface area contributed by atoms with Crippen LogP contribution in [0.4, 0.5) is 34.1 Å². The number of para-hydroxylation sites is 2. The predicted octanol–water partition coefficient (Wildman–Crippen LogP) is 13.0. The lowest BCUT2D eigenvalue weighted by Gasteiger charge is -2.47. The topological polar surface area (TPSA) is 19.6 Å². The van der Waals surface area contributed by atoms with Crippen molar-refractivity contribution in [2.75, 3.05) is 9.80 Å². The third kappa shape index (κ3) is 5.17. The number of hydrogen-bond donors (Lipinski definition) is 0. The molecule has 0 atom stereocenters. The van der Waals surface area contributed by atoms with Crippen LogP contribution in [0.25, 0.3) is 11.0 Å². The molecule has 2 aliphatic heterocycles. The molecule has 6 aromatic rings. The highest BCUT2D eigenvalue weighted by Gasteiger charge is 2.50. The van der Waals surface area contributed by atoms with E-state index >= 15 is 0 Å². The first-order valence-corrected chi connectivity index (χ1v) is 21.6. The normalized spacial score (nSPS) is 19.2. The van der Waals surface area contributed by atoms with Gasteiger partial charge in [-0.15, -0.1) is 0 Å². The van der Waals surface area contributed by atoms with Gasteiger partial charge in [-0.1, -0.05) is 112 Å². The van der Waals surface area contributed by atoms with E-state index in [4.69, 9.17) is 4.42 Å². The molecule has 4 aliphatic rings. The van der Waals surface area contributed by atoms with Gasteiger partial charge in [-0.25, -0.2) is 0 Å². The minimum Gasteiger partial charge on any atom is -0.468 e. The quantitative estimate of drug-likeness (QED) is 0.168. The zero-order chi connectivity index (χ0) is 40.1. The van der Waals surface area contributed by atoms with Crippen LogP contribution in [0, 0.1) is 13.8 Å². The number of furan rings is 1. The van der Waals surface area contributed by atoms with E-state index in [2.05, 4.69) is 178 Å². The number of hydrogen-bond acceptors (Lipinski definition) is 3. The van der Waals surface area contributed by atoms with Gasteiger partial charge in [-0.3, -0.25) is 0 Å². The molecule has 57 heavy (non-hydrogen) atoms. The number of nitrogens with zero attached hydrogens (tertiary/aromatic N) is 2. The maximum atomic E-state index is 7.52. The molecule has 0 spiro atoms. The van der Waals surface area contributed by atoms with Crippen LogP contribution in [-0.2, 0) is 21.7 Å². The largest absolute Gasteiger partial charge is 0.468 e. The number of aryl methyl sites for hydroxylation is 2. The van der Waals surface area contributed by atoms with Crippen molar-refractivity contribution in [3.63, 3.8) is 0 Å². The van der Waals surface area contributed by atoms with Crippen molar-refractivity contribution in [3.05, 3.63) is 124 Å². The highest BCUT2D eigenvalue weighted by atomic mass is 16.3. The van der Waals surface area contributed by atoms with E-state index in [1.54, 1.807) is 0 Å². The lowest BCUT2D eigenvalue weighted by Crippen LogP contribution is -2.61. The molecule has 0 amide bonds. The Labute approximate surface area is 341 Å². The highest BCUT2D eigenvalue weighted by molar-refractivity contribution is 7.00. The Morgan fingerprint density at radius 1 is 0.561 bits per heavy atom. The zero-order valence-electron chi connectivity index (χ0n) is 36.4. The first kappa shape index (κ1) is 36.6. The second kappa shape index (κ2) is 11.9. The van der Waals surface area contributed by atoms with Gasteiger partial charge in [0.2, 0.25) is 0 Å². The van der Waals surface area contributed by atoms with Crippen molar-refractivity contribution in [2.24, 2.45) is 0 Å². The second-order valence-electron chi connectivity index (χ2n) is 21.0. The van der Waals surface area contributed by atoms with E-state index < -0.39 is 0 Å². The van der Waals surface area contributed by atoms with E-state index in [9.17, 15) is 0 Å². The van der Waals surface area contributed by atoms with Gasteiger partial charge in [0.25, 0.3) is 6.71 Å². The number of benzene rings is 5. The molecular weight excluding hydrogens is 691 g/mol. The number of anilines is 6. The minimum atomic E-state index is -0.0710. The van der Waals surface area contributed by atoms with Gasteiger partial charge in [-0.2, -0.15) is 0 Å². The van der Waals surface area contributed by atoms with E-state index in [0.29, 0.717) is 5.92 Å². The fraction of sp³-hybridized carbons (Fsp3) is 0.396. The molecule has 0 saturated carbocycles. The summed E-state index contributed by atoms with van der Waals surface area (Å²) in [6.45, 7) is 28.8. The van der Waals surface area contributed by atoms with Gasteiger partial charge in [0.1, 0.15) is 5.58 Å². The molecule has 3 nitrogen and oxygen atoms in total. The number of rotatable bonds is 3. The fourth-order valence-corrected chi connectivity index (χ4v) is 11.2. The first-order valence-electron chi connectivity index (χ1n) is 21.6. The molecule has 0 radical (unpaired) electrons. The summed E-state index contributed by atoms with van der Waals surface area (Å²) >= 11 is 0. The molecule has 0 fully saturated rings. The fourth-order valence-electron chi connectivity index (χ4n) is 11.2. The van der Waals surface area contributed by atoms with Crippen LogP contribution in [-0.4, -0.2) is 6.71 Å². The molecule has 10 rings (SSSR count). The Kier molecular flexibility index (Phi) is 7.67.